The third-order valence-corrected chi connectivity index (χ3v) is 4.31. The lowest BCUT2D eigenvalue weighted by atomic mass is 10.2. The van der Waals surface area contributed by atoms with E-state index in [1.807, 2.05) is 0 Å². The van der Waals surface area contributed by atoms with E-state index in [1.165, 1.54) is 6.07 Å². The molecule has 0 bridgehead atoms. The van der Waals surface area contributed by atoms with Crippen LogP contribution >= 0.6 is 0 Å². The van der Waals surface area contributed by atoms with Crippen molar-refractivity contribution in [1.29, 1.82) is 0 Å². The molecule has 5 heteroatoms. The minimum Gasteiger partial charge on any atom is -0.399 e. The molecule has 1 aromatic carbocycles. The molecule has 1 heterocycles. The van der Waals surface area contributed by atoms with Crippen LogP contribution in [-0.2, 0) is 15.6 Å². The normalized spacial score (nSPS) is 11.4. The molecule has 0 unspecified atom stereocenters. The predicted octanol–water partition coefficient (Wildman–Crippen LogP) is 1.95. The van der Waals surface area contributed by atoms with Crippen LogP contribution in [0.25, 0.3) is 0 Å². The van der Waals surface area contributed by atoms with Crippen molar-refractivity contribution in [2.24, 2.45) is 0 Å². The number of benzene rings is 1. The Morgan fingerprint density at radius 3 is 2.61 bits per heavy atom. The number of sulfone groups is 1. The van der Waals surface area contributed by atoms with Crippen molar-refractivity contribution < 1.29 is 8.42 Å². The third-order valence-electron chi connectivity index (χ3n) is 2.66. The number of aryl methyl sites for hydroxylation is 1. The molecular weight excluding hydrogens is 248 g/mol. The average molecular weight is 262 g/mol. The molecule has 0 atom stereocenters. The molecule has 0 radical (unpaired) electrons. The molecule has 2 rings (SSSR count). The maximum absolute atomic E-state index is 12.2. The fourth-order valence-electron chi connectivity index (χ4n) is 1.60. The summed E-state index contributed by atoms with van der Waals surface area (Å²) >= 11 is 0. The van der Waals surface area contributed by atoms with Gasteiger partial charge in [-0.1, -0.05) is 6.07 Å². The maximum atomic E-state index is 12.2. The minimum atomic E-state index is -3.37. The zero-order chi connectivity index (χ0) is 13.2. The second-order valence-corrected chi connectivity index (χ2v) is 6.09. The Morgan fingerprint density at radius 2 is 2.00 bits per heavy atom. The average Bonchev–Trinajstić information content (AvgIpc) is 2.33. The van der Waals surface area contributed by atoms with E-state index in [9.17, 15) is 8.42 Å². The first-order valence-corrected chi connectivity index (χ1v) is 7.13. The van der Waals surface area contributed by atoms with E-state index in [4.69, 9.17) is 5.73 Å². The van der Waals surface area contributed by atoms with Gasteiger partial charge in [-0.3, -0.25) is 4.98 Å². The van der Waals surface area contributed by atoms with Gasteiger partial charge in [0, 0.05) is 11.9 Å². The SMILES string of the molecule is Cc1cc(S(=O)(=O)Cc2ccccn2)ccc1N. The molecule has 0 aliphatic heterocycles. The summed E-state index contributed by atoms with van der Waals surface area (Å²) in [7, 11) is -3.37. The Bertz CT molecular complexity index is 652. The molecule has 0 saturated carbocycles. The molecule has 1 aromatic heterocycles. The van der Waals surface area contributed by atoms with Gasteiger partial charge >= 0.3 is 0 Å². The summed E-state index contributed by atoms with van der Waals surface area (Å²) in [5.74, 6) is -0.100. The number of anilines is 1. The number of pyridine rings is 1. The summed E-state index contributed by atoms with van der Waals surface area (Å²) in [6, 6.07) is 9.95. The topological polar surface area (TPSA) is 73.0 Å². The molecule has 0 fully saturated rings. The van der Waals surface area contributed by atoms with E-state index in [1.54, 1.807) is 43.5 Å². The van der Waals surface area contributed by atoms with Crippen molar-refractivity contribution in [3.63, 3.8) is 0 Å². The molecule has 0 aliphatic carbocycles. The quantitative estimate of drug-likeness (QED) is 0.858. The van der Waals surface area contributed by atoms with E-state index >= 15 is 0 Å². The van der Waals surface area contributed by atoms with Gasteiger partial charge in [0.05, 0.1) is 16.3 Å². The van der Waals surface area contributed by atoms with Crippen LogP contribution in [0.3, 0.4) is 0 Å². The lowest BCUT2D eigenvalue weighted by Crippen LogP contribution is -2.07. The van der Waals surface area contributed by atoms with E-state index < -0.39 is 9.84 Å². The molecule has 0 spiro atoms. The van der Waals surface area contributed by atoms with Crippen LogP contribution in [0.1, 0.15) is 11.3 Å². The number of aromatic nitrogens is 1. The van der Waals surface area contributed by atoms with Gasteiger partial charge in [0.15, 0.2) is 9.84 Å². The Morgan fingerprint density at radius 1 is 1.22 bits per heavy atom. The molecule has 2 aromatic rings. The van der Waals surface area contributed by atoms with Crippen LogP contribution in [0.5, 0.6) is 0 Å². The van der Waals surface area contributed by atoms with Crippen LogP contribution in [0.4, 0.5) is 5.69 Å². The van der Waals surface area contributed by atoms with Crippen molar-refractivity contribution in [2.75, 3.05) is 5.73 Å². The highest BCUT2D eigenvalue weighted by molar-refractivity contribution is 7.90. The van der Waals surface area contributed by atoms with E-state index in [-0.39, 0.29) is 10.6 Å². The van der Waals surface area contributed by atoms with Gasteiger partial charge in [-0.15, -0.1) is 0 Å². The molecule has 0 saturated heterocycles. The second kappa shape index (κ2) is 4.78. The Labute approximate surface area is 106 Å². The molecule has 0 aliphatic rings. The number of nitrogens with two attached hydrogens (primary N) is 1. The first-order valence-electron chi connectivity index (χ1n) is 5.48. The highest BCUT2D eigenvalue weighted by atomic mass is 32.2. The van der Waals surface area contributed by atoms with Crippen molar-refractivity contribution in [1.82, 2.24) is 4.98 Å². The monoisotopic (exact) mass is 262 g/mol. The largest absolute Gasteiger partial charge is 0.399 e. The van der Waals surface area contributed by atoms with Gasteiger partial charge in [-0.05, 0) is 42.8 Å². The molecule has 4 nitrogen and oxygen atoms in total. The van der Waals surface area contributed by atoms with Crippen molar-refractivity contribution in [3.05, 3.63) is 53.9 Å². The highest BCUT2D eigenvalue weighted by Crippen LogP contribution is 2.20. The summed E-state index contributed by atoms with van der Waals surface area (Å²) < 4.78 is 24.4. The van der Waals surface area contributed by atoms with Gasteiger partial charge in [-0.2, -0.15) is 0 Å². The number of nitrogen functional groups attached to an aromatic ring is 1. The van der Waals surface area contributed by atoms with Crippen LogP contribution in [0, 0.1) is 6.92 Å². The second-order valence-electron chi connectivity index (χ2n) is 4.10. The number of hydrogen-bond acceptors (Lipinski definition) is 4. The smallest absolute Gasteiger partial charge is 0.184 e. The van der Waals surface area contributed by atoms with Crippen molar-refractivity contribution in [2.45, 2.75) is 17.6 Å². The fourth-order valence-corrected chi connectivity index (χ4v) is 2.96. The fraction of sp³-hybridized carbons (Fsp3) is 0.154. The van der Waals surface area contributed by atoms with Crippen LogP contribution in [0.15, 0.2) is 47.5 Å². The molecule has 2 N–H and O–H groups in total. The first kappa shape index (κ1) is 12.6. The Balaban J connectivity index is 2.34. The van der Waals surface area contributed by atoms with Gasteiger partial charge in [0.1, 0.15) is 0 Å². The molecule has 0 amide bonds. The molecule has 94 valence electrons. The van der Waals surface area contributed by atoms with Gasteiger partial charge < -0.3 is 5.73 Å². The Kier molecular flexibility index (Phi) is 3.34. The summed E-state index contributed by atoms with van der Waals surface area (Å²) in [4.78, 5) is 4.30. The zero-order valence-electron chi connectivity index (χ0n) is 10.00. The van der Waals surface area contributed by atoms with E-state index in [2.05, 4.69) is 4.98 Å². The predicted molar refractivity (Wildman–Crippen MR) is 70.7 cm³/mol. The molecular formula is C13H14N2O2S. The van der Waals surface area contributed by atoms with Crippen LogP contribution in [0.2, 0.25) is 0 Å². The van der Waals surface area contributed by atoms with Gasteiger partial charge in [0.2, 0.25) is 0 Å². The lowest BCUT2D eigenvalue weighted by Gasteiger charge is -2.06. The van der Waals surface area contributed by atoms with Crippen molar-refractivity contribution in [3.8, 4) is 0 Å². The van der Waals surface area contributed by atoms with E-state index in [0.29, 0.717) is 11.4 Å². The maximum Gasteiger partial charge on any atom is 0.184 e. The summed E-state index contributed by atoms with van der Waals surface area (Å²) in [5, 5.41) is 0. The van der Waals surface area contributed by atoms with Crippen molar-refractivity contribution >= 4 is 15.5 Å². The lowest BCUT2D eigenvalue weighted by molar-refractivity contribution is 0.594. The third kappa shape index (κ3) is 2.68. The first-order chi connectivity index (χ1) is 8.49. The van der Waals surface area contributed by atoms with Gasteiger partial charge in [-0.25, -0.2) is 8.42 Å². The Hall–Kier alpha value is -1.88. The van der Waals surface area contributed by atoms with E-state index in [0.717, 1.165) is 5.56 Å². The summed E-state index contributed by atoms with van der Waals surface area (Å²) in [6.45, 7) is 1.79. The molecule has 18 heavy (non-hydrogen) atoms. The van der Waals surface area contributed by atoms with Crippen LogP contribution < -0.4 is 5.73 Å². The number of hydrogen-bond donors (Lipinski definition) is 1. The zero-order valence-corrected chi connectivity index (χ0v) is 10.8. The number of nitrogens with zero attached hydrogens (tertiary/aromatic N) is 1. The highest BCUT2D eigenvalue weighted by Gasteiger charge is 2.16. The van der Waals surface area contributed by atoms with Gasteiger partial charge in [0.25, 0.3) is 0 Å². The van der Waals surface area contributed by atoms with Crippen LogP contribution in [-0.4, -0.2) is 13.4 Å². The minimum absolute atomic E-state index is 0.100. The number of rotatable bonds is 3. The standard InChI is InChI=1S/C13H14N2O2S/c1-10-8-12(5-6-13(10)14)18(16,17)9-11-4-2-3-7-15-11/h2-8H,9,14H2,1H3. The summed E-state index contributed by atoms with van der Waals surface area (Å²) in [6.07, 6.45) is 1.58. The summed E-state index contributed by atoms with van der Waals surface area (Å²) in [5.41, 5.74) is 7.56.